The van der Waals surface area contributed by atoms with Crippen LogP contribution in [0.25, 0.3) is 11.0 Å². The molecule has 1 fully saturated rings. The van der Waals surface area contributed by atoms with Crippen LogP contribution in [0.2, 0.25) is 0 Å². The number of ether oxygens (including phenoxy) is 1. The quantitative estimate of drug-likeness (QED) is 0.754. The number of nitrogens with zero attached hydrogens (tertiary/aromatic N) is 2. The van der Waals surface area contributed by atoms with Crippen LogP contribution in [0.4, 0.5) is 0 Å². The van der Waals surface area contributed by atoms with Gasteiger partial charge < -0.3 is 20.4 Å². The average Bonchev–Trinajstić information content (AvgIpc) is 3.01. The maximum absolute atomic E-state index is 12.6. The van der Waals surface area contributed by atoms with Gasteiger partial charge in [0.2, 0.25) is 5.91 Å². The van der Waals surface area contributed by atoms with Crippen LogP contribution < -0.4 is 11.1 Å². The predicted molar refractivity (Wildman–Crippen MR) is 98.1 cm³/mol. The summed E-state index contributed by atoms with van der Waals surface area (Å²) in [5.41, 5.74) is 7.29. The van der Waals surface area contributed by atoms with E-state index in [1.807, 2.05) is 45.3 Å². The maximum atomic E-state index is 12.6. The smallest absolute Gasteiger partial charge is 0.240 e. The van der Waals surface area contributed by atoms with E-state index in [1.165, 1.54) is 0 Å². The highest BCUT2D eigenvalue weighted by Gasteiger charge is 2.62. The molecule has 0 aliphatic heterocycles. The number of fused-ring (bicyclic) bond motifs is 1. The van der Waals surface area contributed by atoms with Gasteiger partial charge in [0.1, 0.15) is 5.54 Å². The Morgan fingerprint density at radius 1 is 1.44 bits per heavy atom. The molecule has 25 heavy (non-hydrogen) atoms. The molecule has 136 valence electrons. The van der Waals surface area contributed by atoms with Gasteiger partial charge in [-0.1, -0.05) is 26.0 Å². The molecule has 3 rings (SSSR count). The summed E-state index contributed by atoms with van der Waals surface area (Å²) in [4.78, 5) is 17.0. The molecule has 6 heteroatoms. The van der Waals surface area contributed by atoms with Crippen LogP contribution in [0.5, 0.6) is 0 Å². The third kappa shape index (κ3) is 3.04. The van der Waals surface area contributed by atoms with E-state index in [-0.39, 0.29) is 17.4 Å². The number of hydrogen-bond donors (Lipinski definition) is 2. The number of aryl methyl sites for hydroxylation is 1. The first-order chi connectivity index (χ1) is 11.9. The van der Waals surface area contributed by atoms with Gasteiger partial charge in [-0.05, 0) is 25.5 Å². The van der Waals surface area contributed by atoms with E-state index in [2.05, 4.69) is 20.9 Å². The fraction of sp³-hybridized carbons (Fsp3) is 0.579. The lowest BCUT2D eigenvalue weighted by molar-refractivity contribution is -0.170. The van der Waals surface area contributed by atoms with Crippen LogP contribution in [-0.2, 0) is 16.1 Å². The Morgan fingerprint density at radius 2 is 2.20 bits per heavy atom. The highest BCUT2D eigenvalue weighted by Crippen LogP contribution is 2.49. The summed E-state index contributed by atoms with van der Waals surface area (Å²) in [5.74, 6) is -0.0797. The van der Waals surface area contributed by atoms with Crippen LogP contribution in [0.3, 0.4) is 0 Å². The molecule has 0 saturated heterocycles. The Bertz CT molecular complexity index is 755. The number of hydrogen-bond acceptors (Lipinski definition) is 4. The van der Waals surface area contributed by atoms with Crippen LogP contribution in [-0.4, -0.2) is 40.3 Å². The molecule has 1 aromatic heterocycles. The highest BCUT2D eigenvalue weighted by atomic mass is 16.5. The number of nitrogens with one attached hydrogen (secondary N) is 1. The standard InChI is InChI=1S/C19H28N4O2/c1-4-25-16-12-19(20,18(16,2)3)17(24)21-10-7-11-23-13-22-14-8-5-6-9-15(14)23/h5-6,8-9,13,16H,4,7,10-12,20H2,1-3H3,(H,21,24). The van der Waals surface area contributed by atoms with Gasteiger partial charge in [0.05, 0.1) is 23.5 Å². The monoisotopic (exact) mass is 344 g/mol. The van der Waals surface area contributed by atoms with Crippen LogP contribution in [0.15, 0.2) is 30.6 Å². The first-order valence-corrected chi connectivity index (χ1v) is 8.99. The Balaban J connectivity index is 1.50. The number of rotatable bonds is 7. The molecule has 0 bridgehead atoms. The van der Waals surface area contributed by atoms with Gasteiger partial charge in [-0.25, -0.2) is 4.98 Å². The van der Waals surface area contributed by atoms with Crippen molar-refractivity contribution in [2.24, 2.45) is 11.1 Å². The van der Waals surface area contributed by atoms with Crippen molar-refractivity contribution in [1.82, 2.24) is 14.9 Å². The molecular weight excluding hydrogens is 316 g/mol. The number of para-hydroxylation sites is 2. The lowest BCUT2D eigenvalue weighted by Gasteiger charge is -2.57. The van der Waals surface area contributed by atoms with Gasteiger partial charge in [0, 0.05) is 31.5 Å². The number of carbonyl (C=O) groups is 1. The summed E-state index contributed by atoms with van der Waals surface area (Å²) in [5, 5.41) is 3.00. The van der Waals surface area contributed by atoms with Crippen molar-refractivity contribution in [3.8, 4) is 0 Å². The Labute approximate surface area is 148 Å². The van der Waals surface area contributed by atoms with Gasteiger partial charge in [-0.2, -0.15) is 0 Å². The van der Waals surface area contributed by atoms with Gasteiger partial charge in [-0.15, -0.1) is 0 Å². The zero-order chi connectivity index (χ0) is 18.1. The number of amides is 1. The molecular formula is C19H28N4O2. The molecule has 1 aliphatic rings. The molecule has 3 N–H and O–H groups in total. The molecule has 2 aromatic rings. The molecule has 1 amide bonds. The summed E-state index contributed by atoms with van der Waals surface area (Å²) >= 11 is 0. The zero-order valence-corrected chi connectivity index (χ0v) is 15.3. The molecule has 1 saturated carbocycles. The normalized spacial score (nSPS) is 24.9. The minimum absolute atomic E-state index is 0.0468. The minimum atomic E-state index is -0.853. The maximum Gasteiger partial charge on any atom is 0.240 e. The van der Waals surface area contributed by atoms with Crippen LogP contribution in [0, 0.1) is 5.41 Å². The summed E-state index contributed by atoms with van der Waals surface area (Å²) in [6, 6.07) is 8.05. The second-order valence-corrected chi connectivity index (χ2v) is 7.38. The number of nitrogens with two attached hydrogens (primary N) is 1. The summed E-state index contributed by atoms with van der Waals surface area (Å²) in [7, 11) is 0. The lowest BCUT2D eigenvalue weighted by atomic mass is 9.54. The molecule has 0 spiro atoms. The van der Waals surface area contributed by atoms with Gasteiger partial charge in [0.15, 0.2) is 0 Å². The third-order valence-corrected chi connectivity index (χ3v) is 5.62. The first-order valence-electron chi connectivity index (χ1n) is 8.99. The van der Waals surface area contributed by atoms with E-state index >= 15 is 0 Å². The van der Waals surface area contributed by atoms with Crippen molar-refractivity contribution in [2.45, 2.75) is 51.8 Å². The fourth-order valence-electron chi connectivity index (χ4n) is 3.62. The summed E-state index contributed by atoms with van der Waals surface area (Å²) in [6.07, 6.45) is 3.30. The molecule has 1 heterocycles. The van der Waals surface area contributed by atoms with Crippen LogP contribution >= 0.6 is 0 Å². The molecule has 6 nitrogen and oxygen atoms in total. The van der Waals surface area contributed by atoms with E-state index in [9.17, 15) is 4.79 Å². The zero-order valence-electron chi connectivity index (χ0n) is 15.3. The summed E-state index contributed by atoms with van der Waals surface area (Å²) < 4.78 is 7.79. The second kappa shape index (κ2) is 6.77. The molecule has 0 radical (unpaired) electrons. The van der Waals surface area contributed by atoms with Gasteiger partial charge in [-0.3, -0.25) is 4.79 Å². The van der Waals surface area contributed by atoms with Crippen molar-refractivity contribution in [2.75, 3.05) is 13.2 Å². The number of benzene rings is 1. The third-order valence-electron chi connectivity index (χ3n) is 5.62. The first kappa shape index (κ1) is 17.9. The SMILES string of the molecule is CCOC1CC(N)(C(=O)NCCCn2cnc3ccccc32)C1(C)C. The highest BCUT2D eigenvalue weighted by molar-refractivity contribution is 5.88. The molecule has 2 unspecified atom stereocenters. The topological polar surface area (TPSA) is 82.2 Å². The number of aromatic nitrogens is 2. The minimum Gasteiger partial charge on any atom is -0.378 e. The van der Waals surface area contributed by atoms with Crippen molar-refractivity contribution >= 4 is 16.9 Å². The van der Waals surface area contributed by atoms with E-state index in [1.54, 1.807) is 0 Å². The van der Waals surface area contributed by atoms with Crippen LogP contribution in [0.1, 0.15) is 33.6 Å². The Hall–Kier alpha value is -1.92. The van der Waals surface area contributed by atoms with Gasteiger partial charge >= 0.3 is 0 Å². The van der Waals surface area contributed by atoms with Gasteiger partial charge in [0.25, 0.3) is 0 Å². The average molecular weight is 344 g/mol. The molecule has 1 aliphatic carbocycles. The molecule has 2 atom stereocenters. The van der Waals surface area contributed by atoms with Crippen molar-refractivity contribution in [3.05, 3.63) is 30.6 Å². The largest absolute Gasteiger partial charge is 0.378 e. The Morgan fingerprint density at radius 3 is 2.92 bits per heavy atom. The van der Waals surface area contributed by atoms with Crippen molar-refractivity contribution in [3.63, 3.8) is 0 Å². The number of imidazole rings is 1. The second-order valence-electron chi connectivity index (χ2n) is 7.38. The van der Waals surface area contributed by atoms with Crippen molar-refractivity contribution < 1.29 is 9.53 Å². The summed E-state index contributed by atoms with van der Waals surface area (Å²) in [6.45, 7) is 8.03. The van der Waals surface area contributed by atoms with E-state index in [0.717, 1.165) is 24.0 Å². The lowest BCUT2D eigenvalue weighted by Crippen LogP contribution is -2.75. The number of carbonyl (C=O) groups excluding carboxylic acids is 1. The predicted octanol–water partition coefficient (Wildman–Crippen LogP) is 2.08. The van der Waals surface area contributed by atoms with E-state index in [0.29, 0.717) is 19.6 Å². The fourth-order valence-corrected chi connectivity index (χ4v) is 3.62. The van der Waals surface area contributed by atoms with Crippen molar-refractivity contribution in [1.29, 1.82) is 0 Å². The Kier molecular flexibility index (Phi) is 4.84. The van der Waals surface area contributed by atoms with E-state index in [4.69, 9.17) is 10.5 Å². The van der Waals surface area contributed by atoms with E-state index < -0.39 is 5.54 Å². The molecule has 1 aromatic carbocycles.